The lowest BCUT2D eigenvalue weighted by atomic mass is 10.1. The summed E-state index contributed by atoms with van der Waals surface area (Å²) >= 11 is 1.61. The van der Waals surface area contributed by atoms with Gasteiger partial charge < -0.3 is 14.6 Å². The second-order valence-corrected chi connectivity index (χ2v) is 8.69. The maximum atomic E-state index is 11.8. The molecule has 5 rings (SSSR count). The summed E-state index contributed by atoms with van der Waals surface area (Å²) in [6.07, 6.45) is 0. The van der Waals surface area contributed by atoms with Gasteiger partial charge in [-0.1, -0.05) is 48.0 Å². The molecular weight excluding hydrogens is 418 g/mol. The van der Waals surface area contributed by atoms with Crippen molar-refractivity contribution in [2.24, 2.45) is 4.99 Å². The molecule has 1 amide bonds. The van der Waals surface area contributed by atoms with Crippen molar-refractivity contribution in [2.75, 3.05) is 11.9 Å². The van der Waals surface area contributed by atoms with Crippen LogP contribution in [0.4, 0.5) is 11.4 Å². The summed E-state index contributed by atoms with van der Waals surface area (Å²) in [6.45, 7) is 4.31. The molecule has 5 nitrogen and oxygen atoms in total. The lowest BCUT2D eigenvalue weighted by molar-refractivity contribution is -0.118. The van der Waals surface area contributed by atoms with Crippen molar-refractivity contribution < 1.29 is 9.53 Å². The minimum Gasteiger partial charge on any atom is -0.482 e. The van der Waals surface area contributed by atoms with Gasteiger partial charge in [0, 0.05) is 10.9 Å². The Kier molecular flexibility index (Phi) is 5.37. The smallest absolute Gasteiger partial charge is 0.262 e. The van der Waals surface area contributed by atoms with Gasteiger partial charge >= 0.3 is 0 Å². The molecule has 2 heterocycles. The van der Waals surface area contributed by atoms with Crippen molar-refractivity contribution in [3.63, 3.8) is 0 Å². The van der Waals surface area contributed by atoms with Gasteiger partial charge in [-0.3, -0.25) is 4.79 Å². The molecule has 1 aliphatic rings. The average molecular weight is 442 g/mol. The summed E-state index contributed by atoms with van der Waals surface area (Å²) in [7, 11) is 0. The average Bonchev–Trinajstić information content (AvgIpc) is 3.23. The largest absolute Gasteiger partial charge is 0.482 e. The van der Waals surface area contributed by atoms with Gasteiger partial charge in [0.25, 0.3) is 5.91 Å². The monoisotopic (exact) mass is 441 g/mol. The number of benzene rings is 3. The number of nitrogens with one attached hydrogen (secondary N) is 1. The Bertz CT molecular complexity index is 1340. The van der Waals surface area contributed by atoms with Gasteiger partial charge in [-0.2, -0.15) is 0 Å². The molecule has 1 unspecified atom stereocenters. The highest BCUT2D eigenvalue weighted by Gasteiger charge is 2.20. The van der Waals surface area contributed by atoms with Crippen molar-refractivity contribution in [3.05, 3.63) is 94.1 Å². The summed E-state index contributed by atoms with van der Waals surface area (Å²) in [5.74, 6) is 0.552. The molecule has 1 aliphatic heterocycles. The first-order chi connectivity index (χ1) is 15.6. The number of amides is 1. The zero-order valence-electron chi connectivity index (χ0n) is 17.9. The first-order valence-corrected chi connectivity index (χ1v) is 11.4. The minimum absolute atomic E-state index is 0.0510. The molecule has 0 aliphatic carbocycles. The number of aromatic nitrogens is 1. The molecule has 1 aromatic heterocycles. The van der Waals surface area contributed by atoms with Gasteiger partial charge in [-0.25, -0.2) is 4.99 Å². The molecule has 1 atom stereocenters. The first-order valence-electron chi connectivity index (χ1n) is 10.5. The molecule has 1 N–H and O–H groups in total. The van der Waals surface area contributed by atoms with Crippen molar-refractivity contribution in [1.29, 1.82) is 0 Å². The maximum Gasteiger partial charge on any atom is 0.262 e. The van der Waals surface area contributed by atoms with E-state index in [0.717, 1.165) is 21.7 Å². The Morgan fingerprint density at radius 1 is 1.06 bits per heavy atom. The Morgan fingerprint density at radius 2 is 1.84 bits per heavy atom. The molecule has 6 heteroatoms. The van der Waals surface area contributed by atoms with E-state index in [0.29, 0.717) is 11.4 Å². The molecular formula is C26H23N3O2S. The summed E-state index contributed by atoms with van der Waals surface area (Å²) < 4.78 is 7.79. The van der Waals surface area contributed by atoms with Crippen LogP contribution in [0.25, 0.3) is 11.3 Å². The number of carbonyl (C=O) groups is 1. The van der Waals surface area contributed by atoms with E-state index in [1.54, 1.807) is 11.3 Å². The third kappa shape index (κ3) is 3.97. The zero-order valence-corrected chi connectivity index (χ0v) is 18.7. The van der Waals surface area contributed by atoms with Crippen molar-refractivity contribution in [3.8, 4) is 17.0 Å². The Labute approximate surface area is 190 Å². The van der Waals surface area contributed by atoms with Gasteiger partial charge in [0.05, 0.1) is 23.1 Å². The van der Waals surface area contributed by atoms with Gasteiger partial charge in [0.2, 0.25) is 0 Å². The highest BCUT2D eigenvalue weighted by molar-refractivity contribution is 7.07. The number of fused-ring (bicyclic) bond motifs is 1. The normalized spacial score (nSPS) is 14.4. The number of hydrogen-bond donors (Lipinski definition) is 1. The summed E-state index contributed by atoms with van der Waals surface area (Å²) in [6, 6.07) is 24.6. The third-order valence-electron chi connectivity index (χ3n) is 5.58. The number of nitrogens with zero attached hydrogens (tertiary/aromatic N) is 2. The zero-order chi connectivity index (χ0) is 22.1. The van der Waals surface area contributed by atoms with E-state index in [9.17, 15) is 4.79 Å². The van der Waals surface area contributed by atoms with Gasteiger partial charge in [0.15, 0.2) is 11.4 Å². The second kappa shape index (κ2) is 8.48. The van der Waals surface area contributed by atoms with E-state index in [1.165, 1.54) is 11.1 Å². The highest BCUT2D eigenvalue weighted by Crippen LogP contribution is 2.34. The van der Waals surface area contributed by atoms with E-state index in [4.69, 9.17) is 9.73 Å². The van der Waals surface area contributed by atoms with Crippen LogP contribution in [0.5, 0.6) is 5.75 Å². The number of aryl methyl sites for hydroxylation is 1. The maximum absolute atomic E-state index is 11.8. The van der Waals surface area contributed by atoms with Crippen LogP contribution in [0, 0.1) is 6.92 Å². The van der Waals surface area contributed by atoms with E-state index < -0.39 is 0 Å². The van der Waals surface area contributed by atoms with Crippen LogP contribution in [0.1, 0.15) is 24.1 Å². The van der Waals surface area contributed by atoms with E-state index in [-0.39, 0.29) is 18.6 Å². The number of hydrogen-bond acceptors (Lipinski definition) is 4. The Balaban J connectivity index is 1.66. The predicted octanol–water partition coefficient (Wildman–Crippen LogP) is 5.70. The molecule has 0 fully saturated rings. The second-order valence-electron chi connectivity index (χ2n) is 7.86. The van der Waals surface area contributed by atoms with Crippen LogP contribution in [-0.2, 0) is 4.79 Å². The number of thiazole rings is 1. The van der Waals surface area contributed by atoms with Crippen molar-refractivity contribution in [1.82, 2.24) is 4.57 Å². The van der Waals surface area contributed by atoms with Crippen LogP contribution in [0.2, 0.25) is 0 Å². The molecule has 0 saturated heterocycles. The van der Waals surface area contributed by atoms with Gasteiger partial charge in [0.1, 0.15) is 5.75 Å². The fourth-order valence-electron chi connectivity index (χ4n) is 3.84. The lowest BCUT2D eigenvalue weighted by Gasteiger charge is -2.21. The highest BCUT2D eigenvalue weighted by atomic mass is 32.1. The molecule has 32 heavy (non-hydrogen) atoms. The molecule has 0 radical (unpaired) electrons. The minimum atomic E-state index is -0.138. The molecule has 3 aromatic carbocycles. The van der Waals surface area contributed by atoms with Crippen LogP contribution >= 0.6 is 11.3 Å². The third-order valence-corrected chi connectivity index (χ3v) is 6.42. The van der Waals surface area contributed by atoms with Crippen molar-refractivity contribution >= 4 is 28.6 Å². The summed E-state index contributed by atoms with van der Waals surface area (Å²) in [5.41, 5.74) is 6.07. The molecule has 0 saturated carbocycles. The van der Waals surface area contributed by atoms with Gasteiger partial charge in [-0.05, 0) is 49.7 Å². The van der Waals surface area contributed by atoms with Crippen LogP contribution in [0.15, 0.2) is 83.2 Å². The summed E-state index contributed by atoms with van der Waals surface area (Å²) in [5, 5.41) is 5.03. The Hall–Kier alpha value is -3.64. The van der Waals surface area contributed by atoms with Gasteiger partial charge in [-0.15, -0.1) is 11.3 Å². The Morgan fingerprint density at radius 3 is 2.62 bits per heavy atom. The van der Waals surface area contributed by atoms with E-state index >= 15 is 0 Å². The quantitative estimate of drug-likeness (QED) is 0.442. The first kappa shape index (κ1) is 20.3. The van der Waals surface area contributed by atoms with Crippen LogP contribution in [-0.4, -0.2) is 17.1 Å². The topological polar surface area (TPSA) is 55.6 Å². The van der Waals surface area contributed by atoms with Crippen LogP contribution in [0.3, 0.4) is 0 Å². The molecule has 160 valence electrons. The SMILES string of the molecule is Cc1ccc(N=c2scc(-c3ccc4c(c3)NC(=O)CO4)n2C(C)c2ccccc2)cc1. The lowest BCUT2D eigenvalue weighted by Crippen LogP contribution is -2.25. The van der Waals surface area contributed by atoms with Crippen molar-refractivity contribution in [2.45, 2.75) is 19.9 Å². The van der Waals surface area contributed by atoms with Crippen LogP contribution < -0.4 is 14.9 Å². The number of ether oxygens (including phenoxy) is 1. The number of rotatable bonds is 4. The predicted molar refractivity (Wildman–Crippen MR) is 129 cm³/mol. The molecule has 0 bridgehead atoms. The molecule has 0 spiro atoms. The number of carbonyl (C=O) groups excluding carboxylic acids is 1. The van der Waals surface area contributed by atoms with E-state index in [2.05, 4.69) is 65.5 Å². The fraction of sp³-hybridized carbons (Fsp3) is 0.154. The van der Waals surface area contributed by atoms with E-state index in [1.807, 2.05) is 36.4 Å². The molecule has 4 aromatic rings. The fourth-order valence-corrected chi connectivity index (χ4v) is 4.83. The summed E-state index contributed by atoms with van der Waals surface area (Å²) in [4.78, 5) is 17.7. The number of anilines is 1. The standard InChI is InChI=1S/C26H23N3O2S/c1-17-8-11-21(12-9-17)27-26-29(18(2)19-6-4-3-5-7-19)23(16-32-26)20-10-13-24-22(14-20)28-25(30)15-31-24/h3-14,16,18H,15H2,1-2H3,(H,28,30).